The van der Waals surface area contributed by atoms with Crippen molar-refractivity contribution < 1.29 is 14.3 Å². The van der Waals surface area contributed by atoms with E-state index in [0.29, 0.717) is 5.92 Å². The van der Waals surface area contributed by atoms with E-state index in [1.54, 1.807) is 0 Å². The average molecular weight is 686 g/mol. The molecule has 4 aromatic carbocycles. The van der Waals surface area contributed by atoms with Gasteiger partial charge in [0.25, 0.3) is 0 Å². The van der Waals surface area contributed by atoms with Gasteiger partial charge < -0.3 is 4.74 Å². The molecule has 0 spiro atoms. The van der Waals surface area contributed by atoms with Crippen LogP contribution in [0.5, 0.6) is 0 Å². The minimum atomic E-state index is -3.09. The molecule has 4 aromatic rings. The highest BCUT2D eigenvalue weighted by Gasteiger charge is 2.54. The van der Waals surface area contributed by atoms with Crippen molar-refractivity contribution in [2.45, 2.75) is 83.3 Å². The van der Waals surface area contributed by atoms with E-state index in [0.717, 1.165) is 24.5 Å². The van der Waals surface area contributed by atoms with Crippen molar-refractivity contribution in [3.63, 3.8) is 0 Å². The van der Waals surface area contributed by atoms with Crippen molar-refractivity contribution in [3.05, 3.63) is 138 Å². The second-order valence-corrected chi connectivity index (χ2v) is 24.8. The van der Waals surface area contributed by atoms with Crippen molar-refractivity contribution in [2.75, 3.05) is 0 Å². The third-order valence-corrected chi connectivity index (χ3v) is 18.5. The standard InChI is InChI=1S/C43H51NO3Si2/c1-32-27-28-37(43(2,3)33-19-11-7-12-20-33)39(29-32)47-42(46)44-31-40(48(4,5)6)38(45)30-41(44)49(34-21-13-8-14-22-34,35-23-15-9-16-24-35)36-25-17-10-18-26-36/h7-26,31-32,37,39,41H,27-30H2,1-6H3/t32-,37-,39-,41+/m1/s1. The first-order valence-corrected chi connectivity index (χ1v) is 23.5. The van der Waals surface area contributed by atoms with Crippen LogP contribution in [0.4, 0.5) is 4.79 Å². The number of ether oxygens (including phenoxy) is 1. The maximum Gasteiger partial charge on any atom is 0.414 e. The zero-order valence-electron chi connectivity index (χ0n) is 29.9. The fourth-order valence-corrected chi connectivity index (χ4v) is 15.4. The number of benzene rings is 4. The molecule has 1 amide bonds. The number of nitrogens with zero attached hydrogens (tertiary/aromatic N) is 1. The Labute approximate surface area is 295 Å². The average Bonchev–Trinajstić information content (AvgIpc) is 3.10. The van der Waals surface area contributed by atoms with Gasteiger partial charge in [-0.05, 0) is 50.5 Å². The van der Waals surface area contributed by atoms with Crippen LogP contribution in [0.2, 0.25) is 19.6 Å². The lowest BCUT2D eigenvalue weighted by Gasteiger charge is -2.48. The highest BCUT2D eigenvalue weighted by molar-refractivity contribution is 7.12. The molecule has 0 N–H and O–H groups in total. The number of amides is 1. The van der Waals surface area contributed by atoms with Crippen molar-refractivity contribution in [1.29, 1.82) is 0 Å². The largest absolute Gasteiger partial charge is 0.446 e. The fourth-order valence-electron chi connectivity index (χ4n) is 8.58. The Morgan fingerprint density at radius 2 is 1.20 bits per heavy atom. The first-order valence-electron chi connectivity index (χ1n) is 17.9. The third kappa shape index (κ3) is 6.78. The van der Waals surface area contributed by atoms with Crippen LogP contribution in [0.3, 0.4) is 0 Å². The lowest BCUT2D eigenvalue weighted by atomic mass is 9.64. The van der Waals surface area contributed by atoms with Crippen LogP contribution in [-0.2, 0) is 14.9 Å². The molecule has 1 heterocycles. The van der Waals surface area contributed by atoms with E-state index in [4.69, 9.17) is 4.74 Å². The number of Topliss-reactive ketones (excluding diaryl/α,β-unsaturated/α-hetero) is 1. The van der Waals surface area contributed by atoms with Crippen molar-refractivity contribution in [3.8, 4) is 0 Å². The van der Waals surface area contributed by atoms with Crippen LogP contribution >= 0.6 is 0 Å². The molecular formula is C43H51NO3Si2. The number of allylic oxidation sites excluding steroid dienone is 1. The zero-order chi connectivity index (χ0) is 34.8. The van der Waals surface area contributed by atoms with Gasteiger partial charge in [-0.15, -0.1) is 0 Å². The van der Waals surface area contributed by atoms with Crippen molar-refractivity contribution in [2.24, 2.45) is 11.8 Å². The molecule has 4 nitrogen and oxygen atoms in total. The Hall–Kier alpha value is -4.01. The molecule has 1 saturated carbocycles. The van der Waals surface area contributed by atoms with E-state index in [-0.39, 0.29) is 35.7 Å². The molecule has 4 atom stereocenters. The molecule has 6 heteroatoms. The van der Waals surface area contributed by atoms with E-state index in [9.17, 15) is 4.79 Å². The monoisotopic (exact) mass is 685 g/mol. The summed E-state index contributed by atoms with van der Waals surface area (Å²) < 4.78 is 6.82. The van der Waals surface area contributed by atoms with Crippen LogP contribution < -0.4 is 15.6 Å². The van der Waals surface area contributed by atoms with Crippen molar-refractivity contribution in [1.82, 2.24) is 4.90 Å². The molecule has 0 bridgehead atoms. The fraction of sp³-hybridized carbons (Fsp3) is 0.349. The molecule has 0 saturated heterocycles. The molecule has 2 aliphatic rings. The Morgan fingerprint density at radius 1 is 0.735 bits per heavy atom. The molecule has 1 aliphatic heterocycles. The Balaban J connectivity index is 1.52. The molecule has 6 rings (SSSR count). The van der Waals surface area contributed by atoms with E-state index in [1.807, 2.05) is 29.3 Å². The summed E-state index contributed by atoms with van der Waals surface area (Å²) in [6.07, 6.45) is 4.54. The first-order chi connectivity index (χ1) is 23.4. The second-order valence-electron chi connectivity index (χ2n) is 15.8. The van der Waals surface area contributed by atoms with Gasteiger partial charge >= 0.3 is 6.09 Å². The van der Waals surface area contributed by atoms with Crippen LogP contribution in [0.25, 0.3) is 0 Å². The highest BCUT2D eigenvalue weighted by Crippen LogP contribution is 2.44. The van der Waals surface area contributed by atoms with E-state index >= 15 is 4.79 Å². The minimum Gasteiger partial charge on any atom is -0.446 e. The topological polar surface area (TPSA) is 46.6 Å². The molecular weight excluding hydrogens is 635 g/mol. The molecule has 0 aromatic heterocycles. The Morgan fingerprint density at radius 3 is 1.67 bits per heavy atom. The molecule has 1 aliphatic carbocycles. The molecule has 1 fully saturated rings. The lowest BCUT2D eigenvalue weighted by Crippen LogP contribution is -2.78. The van der Waals surface area contributed by atoms with Crippen LogP contribution in [0.1, 0.15) is 52.0 Å². The SMILES string of the molecule is C[C@@H]1CC[C@@H](C(C)(C)c2ccccc2)[C@H](OC(=O)N2C=C([Si](C)(C)C)C(=O)C[C@@H]2[Si](c2ccccc2)(c2ccccc2)c2ccccc2)C1. The van der Waals surface area contributed by atoms with E-state index in [1.165, 1.54) is 21.1 Å². The predicted molar refractivity (Wildman–Crippen MR) is 207 cm³/mol. The summed E-state index contributed by atoms with van der Waals surface area (Å²) in [5, 5.41) is 4.31. The maximum absolute atomic E-state index is 15.1. The Bertz CT molecular complexity index is 1670. The van der Waals surface area contributed by atoms with Gasteiger partial charge in [-0.25, -0.2) is 4.79 Å². The minimum absolute atomic E-state index is 0.155. The summed E-state index contributed by atoms with van der Waals surface area (Å²) in [5.74, 6) is 0.779. The predicted octanol–water partition coefficient (Wildman–Crippen LogP) is 8.02. The summed E-state index contributed by atoms with van der Waals surface area (Å²) in [4.78, 5) is 31.3. The summed E-state index contributed by atoms with van der Waals surface area (Å²) in [6, 6.07) is 42.4. The molecule has 0 radical (unpaired) electrons. The highest BCUT2D eigenvalue weighted by atomic mass is 28.3. The summed E-state index contributed by atoms with van der Waals surface area (Å²) >= 11 is 0. The zero-order valence-corrected chi connectivity index (χ0v) is 31.9. The number of ketones is 1. The van der Waals surface area contributed by atoms with Gasteiger partial charge in [-0.2, -0.15) is 0 Å². The molecule has 254 valence electrons. The van der Waals surface area contributed by atoms with E-state index < -0.39 is 21.8 Å². The van der Waals surface area contributed by atoms with Gasteiger partial charge in [-0.1, -0.05) is 168 Å². The summed E-state index contributed by atoms with van der Waals surface area (Å²) in [7, 11) is -5.20. The smallest absolute Gasteiger partial charge is 0.414 e. The van der Waals surface area contributed by atoms with Gasteiger partial charge in [0.2, 0.25) is 0 Å². The molecule has 0 unspecified atom stereocenters. The van der Waals surface area contributed by atoms with Gasteiger partial charge in [0.15, 0.2) is 13.9 Å². The quantitative estimate of drug-likeness (QED) is 0.140. The van der Waals surface area contributed by atoms with Crippen LogP contribution in [0, 0.1) is 11.8 Å². The van der Waals surface area contributed by atoms with Crippen molar-refractivity contribution >= 4 is 43.6 Å². The van der Waals surface area contributed by atoms with Gasteiger partial charge in [-0.3, -0.25) is 9.69 Å². The number of rotatable bonds is 8. The van der Waals surface area contributed by atoms with Crippen LogP contribution in [0.15, 0.2) is 133 Å². The lowest BCUT2D eigenvalue weighted by molar-refractivity contribution is -0.116. The Kier molecular flexibility index (Phi) is 10.0. The number of hydrogen-bond acceptors (Lipinski definition) is 3. The summed E-state index contributed by atoms with van der Waals surface area (Å²) in [5.41, 5.74) is 0.669. The van der Waals surface area contributed by atoms with Crippen LogP contribution in [-0.4, -0.2) is 44.7 Å². The number of carbonyl (C=O) groups excluding carboxylic acids is 2. The number of hydrogen-bond donors (Lipinski definition) is 0. The second kappa shape index (κ2) is 14.1. The van der Waals surface area contributed by atoms with E-state index in [2.05, 4.69) is 144 Å². The maximum atomic E-state index is 15.1. The first kappa shape index (κ1) is 34.8. The summed E-state index contributed by atoms with van der Waals surface area (Å²) in [6.45, 7) is 13.4. The molecule has 49 heavy (non-hydrogen) atoms. The normalized spacial score (nSPS) is 22.0. The van der Waals surface area contributed by atoms with Gasteiger partial charge in [0, 0.05) is 18.5 Å². The van der Waals surface area contributed by atoms with Gasteiger partial charge in [0.05, 0.1) is 13.7 Å². The third-order valence-electron chi connectivity index (χ3n) is 11.2. The number of carbonyl (C=O) groups is 2. The van der Waals surface area contributed by atoms with Gasteiger partial charge in [0.1, 0.15) is 6.10 Å².